The first-order valence-corrected chi connectivity index (χ1v) is 5.08. The molecule has 15 heavy (non-hydrogen) atoms. The van der Waals surface area contributed by atoms with Gasteiger partial charge in [0.15, 0.2) is 0 Å². The zero-order chi connectivity index (χ0) is 11.3. The Morgan fingerprint density at radius 3 is 2.80 bits per heavy atom. The Hall–Kier alpha value is -1.29. The molecule has 2 atom stereocenters. The van der Waals surface area contributed by atoms with Gasteiger partial charge < -0.3 is 14.8 Å². The number of rotatable bonds is 6. The van der Waals surface area contributed by atoms with Crippen LogP contribution in [0.15, 0.2) is 22.8 Å². The summed E-state index contributed by atoms with van der Waals surface area (Å²) in [5.74, 6) is 0.137. The molecule has 0 aromatic carbocycles. The van der Waals surface area contributed by atoms with Crippen LogP contribution in [0.1, 0.15) is 26.0 Å². The molecule has 0 saturated carbocycles. The van der Waals surface area contributed by atoms with Crippen LogP contribution in [0.4, 0.5) is 0 Å². The molecule has 1 aromatic heterocycles. The highest BCUT2D eigenvalue weighted by Gasteiger charge is 2.11. The van der Waals surface area contributed by atoms with E-state index in [0.29, 0.717) is 0 Å². The monoisotopic (exact) mass is 211 g/mol. The van der Waals surface area contributed by atoms with Crippen molar-refractivity contribution >= 4 is 5.97 Å². The largest absolute Gasteiger partial charge is 0.481 e. The number of hydrogen-bond donors (Lipinski definition) is 2. The van der Waals surface area contributed by atoms with Crippen molar-refractivity contribution in [3.05, 3.63) is 24.2 Å². The van der Waals surface area contributed by atoms with E-state index >= 15 is 0 Å². The molecule has 0 radical (unpaired) electrons. The number of nitrogens with one attached hydrogen (secondary N) is 1. The molecule has 0 aliphatic rings. The Labute approximate surface area is 89.3 Å². The minimum absolute atomic E-state index is 0.0209. The van der Waals surface area contributed by atoms with Gasteiger partial charge in [-0.05, 0) is 26.0 Å². The molecule has 2 unspecified atom stereocenters. The summed E-state index contributed by atoms with van der Waals surface area (Å²) in [5.41, 5.74) is 0. The topological polar surface area (TPSA) is 62.5 Å². The van der Waals surface area contributed by atoms with E-state index in [1.807, 2.05) is 26.0 Å². The molecule has 0 aliphatic heterocycles. The van der Waals surface area contributed by atoms with E-state index in [9.17, 15) is 4.79 Å². The lowest BCUT2D eigenvalue weighted by Gasteiger charge is -2.17. The average molecular weight is 211 g/mol. The van der Waals surface area contributed by atoms with E-state index in [0.717, 1.165) is 12.2 Å². The molecule has 0 amide bonds. The van der Waals surface area contributed by atoms with Gasteiger partial charge in [-0.1, -0.05) is 0 Å². The first-order chi connectivity index (χ1) is 7.08. The third-order valence-corrected chi connectivity index (χ3v) is 2.14. The lowest BCUT2D eigenvalue weighted by Crippen LogP contribution is -2.37. The van der Waals surface area contributed by atoms with Crippen molar-refractivity contribution in [2.45, 2.75) is 38.8 Å². The molecule has 0 spiro atoms. The second-order valence-corrected chi connectivity index (χ2v) is 3.85. The molecule has 1 heterocycles. The van der Waals surface area contributed by atoms with Crippen LogP contribution in [0.25, 0.3) is 0 Å². The number of hydrogen-bond acceptors (Lipinski definition) is 3. The molecule has 0 fully saturated rings. The van der Waals surface area contributed by atoms with Crippen LogP contribution in [0.3, 0.4) is 0 Å². The SMILES string of the molecule is CC(CC(=O)O)NC(C)Cc1ccco1. The molecule has 4 heteroatoms. The van der Waals surface area contributed by atoms with Gasteiger partial charge in [-0.3, -0.25) is 4.79 Å². The van der Waals surface area contributed by atoms with Crippen molar-refractivity contribution < 1.29 is 14.3 Å². The van der Waals surface area contributed by atoms with E-state index in [4.69, 9.17) is 9.52 Å². The van der Waals surface area contributed by atoms with Gasteiger partial charge >= 0.3 is 5.97 Å². The van der Waals surface area contributed by atoms with Crippen LogP contribution in [-0.2, 0) is 11.2 Å². The Morgan fingerprint density at radius 2 is 2.27 bits per heavy atom. The lowest BCUT2D eigenvalue weighted by atomic mass is 10.1. The van der Waals surface area contributed by atoms with Gasteiger partial charge in [0, 0.05) is 18.5 Å². The van der Waals surface area contributed by atoms with Crippen molar-refractivity contribution in [2.24, 2.45) is 0 Å². The number of carboxylic acid groups (broad SMARTS) is 1. The number of carboxylic acids is 1. The van der Waals surface area contributed by atoms with Gasteiger partial charge in [-0.2, -0.15) is 0 Å². The fraction of sp³-hybridized carbons (Fsp3) is 0.545. The van der Waals surface area contributed by atoms with Crippen LogP contribution in [0, 0.1) is 0 Å². The smallest absolute Gasteiger partial charge is 0.304 e. The van der Waals surface area contributed by atoms with Gasteiger partial charge in [-0.25, -0.2) is 0 Å². The maximum atomic E-state index is 10.4. The summed E-state index contributed by atoms with van der Waals surface area (Å²) >= 11 is 0. The molecule has 0 saturated heterocycles. The third-order valence-electron chi connectivity index (χ3n) is 2.14. The van der Waals surface area contributed by atoms with Crippen molar-refractivity contribution in [2.75, 3.05) is 0 Å². The minimum atomic E-state index is -0.778. The predicted octanol–water partition coefficient (Wildman–Crippen LogP) is 1.66. The van der Waals surface area contributed by atoms with E-state index in [1.54, 1.807) is 6.26 Å². The van der Waals surface area contributed by atoms with Gasteiger partial charge in [0.25, 0.3) is 0 Å². The molecule has 1 rings (SSSR count). The van der Waals surface area contributed by atoms with Gasteiger partial charge in [0.05, 0.1) is 12.7 Å². The Bertz CT molecular complexity index is 295. The lowest BCUT2D eigenvalue weighted by molar-refractivity contribution is -0.137. The van der Waals surface area contributed by atoms with Crippen molar-refractivity contribution in [3.8, 4) is 0 Å². The standard InChI is InChI=1S/C11H17NO3/c1-8(6-10-4-3-5-15-10)12-9(2)7-11(13)14/h3-5,8-9,12H,6-7H2,1-2H3,(H,13,14). The number of aliphatic carboxylic acids is 1. The molecule has 0 aliphatic carbocycles. The minimum Gasteiger partial charge on any atom is -0.481 e. The summed E-state index contributed by atoms with van der Waals surface area (Å²) in [6.45, 7) is 3.88. The Morgan fingerprint density at radius 1 is 1.53 bits per heavy atom. The van der Waals surface area contributed by atoms with Gasteiger partial charge in [0.2, 0.25) is 0 Å². The highest BCUT2D eigenvalue weighted by Crippen LogP contribution is 2.05. The van der Waals surface area contributed by atoms with Gasteiger partial charge in [-0.15, -0.1) is 0 Å². The van der Waals surface area contributed by atoms with Crippen LogP contribution in [0.2, 0.25) is 0 Å². The third kappa shape index (κ3) is 4.65. The maximum absolute atomic E-state index is 10.4. The van der Waals surface area contributed by atoms with Crippen LogP contribution >= 0.6 is 0 Å². The van der Waals surface area contributed by atoms with Crippen LogP contribution in [0.5, 0.6) is 0 Å². The predicted molar refractivity (Wildman–Crippen MR) is 56.7 cm³/mol. The van der Waals surface area contributed by atoms with E-state index in [2.05, 4.69) is 5.32 Å². The fourth-order valence-corrected chi connectivity index (χ4v) is 1.60. The normalized spacial score (nSPS) is 14.8. The van der Waals surface area contributed by atoms with Crippen LogP contribution < -0.4 is 5.32 Å². The molecule has 4 nitrogen and oxygen atoms in total. The molecular weight excluding hydrogens is 194 g/mol. The number of carbonyl (C=O) groups is 1. The summed E-state index contributed by atoms with van der Waals surface area (Å²) in [5, 5.41) is 11.8. The fourth-order valence-electron chi connectivity index (χ4n) is 1.60. The summed E-state index contributed by atoms with van der Waals surface area (Å²) in [4.78, 5) is 10.4. The second-order valence-electron chi connectivity index (χ2n) is 3.85. The highest BCUT2D eigenvalue weighted by atomic mass is 16.4. The first-order valence-electron chi connectivity index (χ1n) is 5.08. The first kappa shape index (κ1) is 11.8. The molecule has 1 aromatic rings. The molecule has 0 bridgehead atoms. The highest BCUT2D eigenvalue weighted by molar-refractivity contribution is 5.67. The van der Waals surface area contributed by atoms with Crippen molar-refractivity contribution in [1.82, 2.24) is 5.32 Å². The molecular formula is C11H17NO3. The maximum Gasteiger partial charge on any atom is 0.304 e. The van der Waals surface area contributed by atoms with E-state index < -0.39 is 5.97 Å². The van der Waals surface area contributed by atoms with Gasteiger partial charge in [0.1, 0.15) is 5.76 Å². The summed E-state index contributed by atoms with van der Waals surface area (Å²) in [7, 11) is 0. The zero-order valence-electron chi connectivity index (χ0n) is 9.06. The van der Waals surface area contributed by atoms with E-state index in [1.165, 1.54) is 0 Å². The van der Waals surface area contributed by atoms with Crippen LogP contribution in [-0.4, -0.2) is 23.2 Å². The molecule has 84 valence electrons. The quantitative estimate of drug-likeness (QED) is 0.751. The number of furan rings is 1. The Balaban J connectivity index is 2.29. The summed E-state index contributed by atoms with van der Waals surface area (Å²) in [6, 6.07) is 3.96. The average Bonchev–Trinajstić information content (AvgIpc) is 2.53. The summed E-state index contributed by atoms with van der Waals surface area (Å²) < 4.78 is 5.21. The van der Waals surface area contributed by atoms with E-state index in [-0.39, 0.29) is 18.5 Å². The van der Waals surface area contributed by atoms with Crippen molar-refractivity contribution in [3.63, 3.8) is 0 Å². The second kappa shape index (κ2) is 5.56. The Kier molecular flexibility index (Phi) is 4.37. The molecule has 2 N–H and O–H groups in total. The summed E-state index contributed by atoms with van der Waals surface area (Å²) in [6.07, 6.45) is 2.56. The zero-order valence-corrected chi connectivity index (χ0v) is 9.06. The van der Waals surface area contributed by atoms with Crippen molar-refractivity contribution in [1.29, 1.82) is 0 Å².